The molecule has 0 aliphatic heterocycles. The lowest BCUT2D eigenvalue weighted by molar-refractivity contribution is -0.137. The van der Waals surface area contributed by atoms with Crippen molar-refractivity contribution in [2.24, 2.45) is 0 Å². The van der Waals surface area contributed by atoms with E-state index in [1.807, 2.05) is 30.3 Å². The van der Waals surface area contributed by atoms with Gasteiger partial charge in [-0.1, -0.05) is 36.4 Å². The highest BCUT2D eigenvalue weighted by Crippen LogP contribution is 2.37. The molecule has 0 heterocycles. The predicted molar refractivity (Wildman–Crippen MR) is 92.5 cm³/mol. The smallest absolute Gasteiger partial charge is 0.384 e. The number of hydrogen-bond donors (Lipinski definition) is 1. The van der Waals surface area contributed by atoms with Gasteiger partial charge in [0.15, 0.2) is 0 Å². The Balaban J connectivity index is 2.39. The molecule has 1 amide bonds. The maximum Gasteiger partial charge on any atom is 0.418 e. The maximum absolute atomic E-state index is 13.3. The van der Waals surface area contributed by atoms with Gasteiger partial charge in [0.05, 0.1) is 16.8 Å². The minimum absolute atomic E-state index is 0.0365. The predicted octanol–water partition coefficient (Wildman–Crippen LogP) is 4.80. The van der Waals surface area contributed by atoms with E-state index < -0.39 is 17.6 Å². The van der Waals surface area contributed by atoms with E-state index in [2.05, 4.69) is 5.32 Å². The molecule has 0 bridgehead atoms. The molecule has 0 spiro atoms. The van der Waals surface area contributed by atoms with Gasteiger partial charge in [-0.05, 0) is 31.5 Å². The molecule has 2 rings (SSSR count). The van der Waals surface area contributed by atoms with E-state index in [-0.39, 0.29) is 17.8 Å². The molecule has 0 atom stereocenters. The number of hydrogen-bond acceptors (Lipinski definition) is 2. The number of halogens is 3. The topological polar surface area (TPSA) is 32.3 Å². The Hall–Kier alpha value is -2.50. The number of carbonyl (C=O) groups is 1. The van der Waals surface area contributed by atoms with Crippen LogP contribution in [0.25, 0.3) is 0 Å². The molecular formula is C19H21F3N2O. The highest BCUT2D eigenvalue weighted by atomic mass is 19.4. The summed E-state index contributed by atoms with van der Waals surface area (Å²) in [5, 5.41) is 2.71. The van der Waals surface area contributed by atoms with E-state index in [1.54, 1.807) is 13.8 Å². The lowest BCUT2D eigenvalue weighted by Gasteiger charge is -2.24. The lowest BCUT2D eigenvalue weighted by atomic mass is 10.0. The molecule has 0 fully saturated rings. The molecule has 134 valence electrons. The second kappa shape index (κ2) is 8.05. The van der Waals surface area contributed by atoms with Crippen LogP contribution in [0, 0.1) is 0 Å². The molecule has 2 aromatic rings. The van der Waals surface area contributed by atoms with Crippen molar-refractivity contribution in [3.8, 4) is 0 Å². The van der Waals surface area contributed by atoms with Crippen molar-refractivity contribution in [1.82, 2.24) is 4.90 Å². The van der Waals surface area contributed by atoms with Crippen LogP contribution in [-0.4, -0.2) is 23.9 Å². The summed E-state index contributed by atoms with van der Waals surface area (Å²) in [5.74, 6) is -0.423. The molecule has 6 heteroatoms. The third kappa shape index (κ3) is 4.53. The Bertz CT molecular complexity index is 714. The monoisotopic (exact) mass is 350 g/mol. The quantitative estimate of drug-likeness (QED) is 0.812. The molecule has 25 heavy (non-hydrogen) atoms. The Morgan fingerprint density at radius 2 is 1.72 bits per heavy atom. The van der Waals surface area contributed by atoms with Gasteiger partial charge in [-0.15, -0.1) is 0 Å². The lowest BCUT2D eigenvalue weighted by Crippen LogP contribution is -2.31. The SMILES string of the molecule is CCNc1c(C(=O)N(CC)Cc2ccccc2)cccc1C(F)(F)F. The van der Waals surface area contributed by atoms with E-state index in [1.165, 1.54) is 17.0 Å². The zero-order chi connectivity index (χ0) is 18.4. The fourth-order valence-electron chi connectivity index (χ4n) is 2.64. The van der Waals surface area contributed by atoms with Gasteiger partial charge in [0.2, 0.25) is 0 Å². The molecule has 0 aromatic heterocycles. The van der Waals surface area contributed by atoms with Crippen LogP contribution in [0.1, 0.15) is 35.3 Å². The van der Waals surface area contributed by atoms with E-state index in [0.717, 1.165) is 11.6 Å². The van der Waals surface area contributed by atoms with Crippen molar-refractivity contribution in [3.63, 3.8) is 0 Å². The number of anilines is 1. The number of amides is 1. The maximum atomic E-state index is 13.3. The summed E-state index contributed by atoms with van der Waals surface area (Å²) in [6, 6.07) is 13.1. The van der Waals surface area contributed by atoms with E-state index in [4.69, 9.17) is 0 Å². The first-order valence-electron chi connectivity index (χ1n) is 8.15. The fourth-order valence-corrected chi connectivity index (χ4v) is 2.64. The van der Waals surface area contributed by atoms with Crippen LogP contribution >= 0.6 is 0 Å². The van der Waals surface area contributed by atoms with Gasteiger partial charge in [0.25, 0.3) is 5.91 Å². The molecule has 2 aromatic carbocycles. The van der Waals surface area contributed by atoms with E-state index in [9.17, 15) is 18.0 Å². The number of nitrogens with zero attached hydrogens (tertiary/aromatic N) is 1. The first kappa shape index (κ1) is 18.8. The Morgan fingerprint density at radius 1 is 1.04 bits per heavy atom. The average Bonchev–Trinajstić information content (AvgIpc) is 2.59. The summed E-state index contributed by atoms with van der Waals surface area (Å²) in [6.07, 6.45) is -4.52. The minimum Gasteiger partial charge on any atom is -0.384 e. The largest absolute Gasteiger partial charge is 0.418 e. The molecular weight excluding hydrogens is 329 g/mol. The normalized spacial score (nSPS) is 11.2. The Kier molecular flexibility index (Phi) is 6.07. The van der Waals surface area contributed by atoms with Crippen molar-refractivity contribution in [2.75, 3.05) is 18.4 Å². The van der Waals surface area contributed by atoms with Gasteiger partial charge in [-0.3, -0.25) is 4.79 Å². The highest BCUT2D eigenvalue weighted by molar-refractivity contribution is 6.00. The second-order valence-corrected chi connectivity index (χ2v) is 5.56. The van der Waals surface area contributed by atoms with E-state index in [0.29, 0.717) is 13.1 Å². The van der Waals surface area contributed by atoms with Crippen LogP contribution in [0.2, 0.25) is 0 Å². The van der Waals surface area contributed by atoms with Crippen LogP contribution < -0.4 is 5.32 Å². The standard InChI is InChI=1S/C19H21F3N2O/c1-3-23-17-15(11-8-12-16(17)19(20,21)22)18(25)24(4-2)13-14-9-6-5-7-10-14/h5-12,23H,3-4,13H2,1-2H3. The Morgan fingerprint density at radius 3 is 2.28 bits per heavy atom. The summed E-state index contributed by atoms with van der Waals surface area (Å²) < 4.78 is 39.8. The summed E-state index contributed by atoms with van der Waals surface area (Å²) in [6.45, 7) is 4.54. The number of carbonyl (C=O) groups excluding carboxylic acids is 1. The van der Waals surface area contributed by atoms with Gasteiger partial charge in [-0.25, -0.2) is 0 Å². The number of rotatable bonds is 6. The molecule has 3 nitrogen and oxygen atoms in total. The van der Waals surface area contributed by atoms with Crippen molar-refractivity contribution in [3.05, 3.63) is 65.2 Å². The van der Waals surface area contributed by atoms with Crippen molar-refractivity contribution >= 4 is 11.6 Å². The third-order valence-electron chi connectivity index (χ3n) is 3.84. The summed E-state index contributed by atoms with van der Waals surface area (Å²) in [5.41, 5.74) is -0.0193. The zero-order valence-electron chi connectivity index (χ0n) is 14.2. The van der Waals surface area contributed by atoms with Crippen molar-refractivity contribution in [2.45, 2.75) is 26.6 Å². The molecule has 0 unspecified atom stereocenters. The summed E-state index contributed by atoms with van der Waals surface area (Å²) >= 11 is 0. The summed E-state index contributed by atoms with van der Waals surface area (Å²) in [7, 11) is 0. The number of para-hydroxylation sites is 1. The van der Waals surface area contributed by atoms with Crippen molar-refractivity contribution < 1.29 is 18.0 Å². The van der Waals surface area contributed by atoms with Crippen LogP contribution in [0.3, 0.4) is 0 Å². The third-order valence-corrected chi connectivity index (χ3v) is 3.84. The average molecular weight is 350 g/mol. The fraction of sp³-hybridized carbons (Fsp3) is 0.316. The van der Waals surface area contributed by atoms with Gasteiger partial charge < -0.3 is 10.2 Å². The zero-order valence-corrected chi connectivity index (χ0v) is 14.2. The first-order chi connectivity index (χ1) is 11.9. The van der Waals surface area contributed by atoms with Gasteiger partial charge in [0.1, 0.15) is 0 Å². The minimum atomic E-state index is -4.52. The molecule has 0 saturated heterocycles. The number of benzene rings is 2. The van der Waals surface area contributed by atoms with Crippen LogP contribution in [0.4, 0.5) is 18.9 Å². The molecule has 0 saturated carbocycles. The van der Waals surface area contributed by atoms with Gasteiger partial charge in [0, 0.05) is 19.6 Å². The number of nitrogens with one attached hydrogen (secondary N) is 1. The number of alkyl halides is 3. The molecule has 0 aliphatic rings. The van der Waals surface area contributed by atoms with Crippen LogP contribution in [0.15, 0.2) is 48.5 Å². The molecule has 0 radical (unpaired) electrons. The van der Waals surface area contributed by atoms with Gasteiger partial charge >= 0.3 is 6.18 Å². The van der Waals surface area contributed by atoms with Crippen LogP contribution in [0.5, 0.6) is 0 Å². The Labute approximate surface area is 145 Å². The second-order valence-electron chi connectivity index (χ2n) is 5.56. The first-order valence-corrected chi connectivity index (χ1v) is 8.15. The highest BCUT2D eigenvalue weighted by Gasteiger charge is 2.35. The van der Waals surface area contributed by atoms with E-state index >= 15 is 0 Å². The van der Waals surface area contributed by atoms with Gasteiger partial charge in [-0.2, -0.15) is 13.2 Å². The molecule has 1 N–H and O–H groups in total. The molecule has 0 aliphatic carbocycles. The summed E-state index contributed by atoms with van der Waals surface area (Å²) in [4.78, 5) is 14.4. The van der Waals surface area contributed by atoms with Crippen molar-refractivity contribution in [1.29, 1.82) is 0 Å². The van der Waals surface area contributed by atoms with Crippen LogP contribution in [-0.2, 0) is 12.7 Å².